The first-order valence-corrected chi connectivity index (χ1v) is 10.3. The van der Waals surface area contributed by atoms with Crippen LogP contribution in [0.25, 0.3) is 0 Å². The molecule has 0 fully saturated rings. The fourth-order valence-electron chi connectivity index (χ4n) is 2.93. The first kappa shape index (κ1) is 21.9. The van der Waals surface area contributed by atoms with Crippen molar-refractivity contribution in [1.82, 2.24) is 14.9 Å². The van der Waals surface area contributed by atoms with E-state index in [-0.39, 0.29) is 22.0 Å². The minimum atomic E-state index is -1.32. The van der Waals surface area contributed by atoms with Crippen LogP contribution in [0.15, 0.2) is 53.9 Å². The summed E-state index contributed by atoms with van der Waals surface area (Å²) in [6, 6.07) is 11.1. The monoisotopic (exact) mass is 446 g/mol. The van der Waals surface area contributed by atoms with E-state index in [9.17, 15) is 14.0 Å². The zero-order valence-electron chi connectivity index (χ0n) is 16.6. The van der Waals surface area contributed by atoms with Crippen LogP contribution in [0, 0.1) is 5.82 Å². The minimum absolute atomic E-state index is 0.0322. The summed E-state index contributed by atoms with van der Waals surface area (Å²) < 4.78 is 18.6. The Morgan fingerprint density at radius 3 is 2.40 bits per heavy atom. The summed E-state index contributed by atoms with van der Waals surface area (Å²) in [7, 11) is 0. The Morgan fingerprint density at radius 1 is 1.13 bits per heavy atom. The Morgan fingerprint density at radius 2 is 1.80 bits per heavy atom. The van der Waals surface area contributed by atoms with Gasteiger partial charge in [-0.2, -0.15) is 0 Å². The van der Waals surface area contributed by atoms with Gasteiger partial charge in [0.2, 0.25) is 5.91 Å². The normalized spacial score (nSPS) is 12.3. The molecule has 1 N–H and O–H groups in total. The van der Waals surface area contributed by atoms with Crippen molar-refractivity contribution in [3.63, 3.8) is 0 Å². The summed E-state index contributed by atoms with van der Waals surface area (Å²) >= 11 is 7.38. The van der Waals surface area contributed by atoms with Crippen molar-refractivity contribution >= 4 is 40.6 Å². The molecule has 30 heavy (non-hydrogen) atoms. The zero-order chi connectivity index (χ0) is 21.9. The van der Waals surface area contributed by atoms with Gasteiger partial charge in [-0.1, -0.05) is 46.4 Å². The van der Waals surface area contributed by atoms with E-state index in [1.54, 1.807) is 51.1 Å². The predicted molar refractivity (Wildman–Crippen MR) is 115 cm³/mol. The van der Waals surface area contributed by atoms with E-state index in [0.717, 1.165) is 11.5 Å². The van der Waals surface area contributed by atoms with Gasteiger partial charge in [0.15, 0.2) is 5.69 Å². The molecule has 6 nitrogen and oxygen atoms in total. The highest BCUT2D eigenvalue weighted by Gasteiger charge is 2.38. The van der Waals surface area contributed by atoms with Crippen LogP contribution < -0.4 is 10.2 Å². The number of aromatic nitrogens is 2. The second-order valence-electron chi connectivity index (χ2n) is 7.58. The highest BCUT2D eigenvalue weighted by molar-refractivity contribution is 7.03. The van der Waals surface area contributed by atoms with Gasteiger partial charge in [0.1, 0.15) is 11.9 Å². The molecule has 0 spiro atoms. The van der Waals surface area contributed by atoms with Gasteiger partial charge in [-0.15, -0.1) is 5.10 Å². The summed E-state index contributed by atoms with van der Waals surface area (Å²) in [4.78, 5) is 28.0. The van der Waals surface area contributed by atoms with Crippen LogP contribution in [-0.4, -0.2) is 26.9 Å². The number of rotatable bonds is 5. The topological polar surface area (TPSA) is 75.2 Å². The van der Waals surface area contributed by atoms with Crippen molar-refractivity contribution in [2.75, 3.05) is 4.90 Å². The molecular formula is C21H20ClFN4O2S. The van der Waals surface area contributed by atoms with Crippen LogP contribution in [0.3, 0.4) is 0 Å². The lowest BCUT2D eigenvalue weighted by molar-refractivity contribution is -0.124. The molecule has 0 aliphatic rings. The van der Waals surface area contributed by atoms with Gasteiger partial charge in [0, 0.05) is 16.5 Å². The summed E-state index contributed by atoms with van der Waals surface area (Å²) in [5.41, 5.74) is -0.284. The SMILES string of the molecule is CC(C)(C)NC(=O)C(c1ccccc1F)N(C(=O)c1csnn1)c1ccccc1Cl. The molecule has 0 bridgehead atoms. The van der Waals surface area contributed by atoms with E-state index in [1.807, 2.05) is 0 Å². The summed E-state index contributed by atoms with van der Waals surface area (Å²) in [5, 5.41) is 8.37. The molecule has 1 unspecified atom stereocenters. The second-order valence-corrected chi connectivity index (χ2v) is 8.60. The maximum absolute atomic E-state index is 14.8. The van der Waals surface area contributed by atoms with E-state index in [4.69, 9.17) is 11.6 Å². The summed E-state index contributed by atoms with van der Waals surface area (Å²) in [6.45, 7) is 5.40. The van der Waals surface area contributed by atoms with Crippen LogP contribution in [0.2, 0.25) is 5.02 Å². The van der Waals surface area contributed by atoms with Gasteiger partial charge in [-0.25, -0.2) is 4.39 Å². The van der Waals surface area contributed by atoms with Gasteiger partial charge in [-0.05, 0) is 50.5 Å². The second kappa shape index (κ2) is 8.89. The standard InChI is InChI=1S/C21H20ClFN4O2S/c1-21(2,3)24-19(28)18(13-8-4-6-10-15(13)23)27(17-11-7-5-9-14(17)22)20(29)16-12-30-26-25-16/h4-12,18H,1-3H3,(H,24,28). The molecule has 0 aliphatic heterocycles. The van der Waals surface area contributed by atoms with E-state index < -0.39 is 29.2 Å². The van der Waals surface area contributed by atoms with Crippen LogP contribution in [0.1, 0.15) is 42.9 Å². The van der Waals surface area contributed by atoms with Crippen molar-refractivity contribution in [1.29, 1.82) is 0 Å². The lowest BCUT2D eigenvalue weighted by atomic mass is 10.00. The molecule has 1 aromatic heterocycles. The molecular weight excluding hydrogens is 427 g/mol. The number of amides is 2. The molecule has 3 rings (SSSR count). The third-order valence-electron chi connectivity index (χ3n) is 4.11. The maximum Gasteiger partial charge on any atom is 0.280 e. The number of halogens is 2. The molecule has 0 saturated heterocycles. The Bertz CT molecular complexity index is 1050. The number of para-hydroxylation sites is 1. The highest BCUT2D eigenvalue weighted by atomic mass is 35.5. The highest BCUT2D eigenvalue weighted by Crippen LogP contribution is 2.35. The number of hydrogen-bond donors (Lipinski definition) is 1. The van der Waals surface area contributed by atoms with Crippen molar-refractivity contribution < 1.29 is 14.0 Å². The van der Waals surface area contributed by atoms with Crippen LogP contribution in [0.4, 0.5) is 10.1 Å². The van der Waals surface area contributed by atoms with Crippen LogP contribution in [0.5, 0.6) is 0 Å². The molecule has 2 aromatic carbocycles. The molecule has 156 valence electrons. The Balaban J connectivity index is 2.23. The zero-order valence-corrected chi connectivity index (χ0v) is 18.2. The average Bonchev–Trinajstić information content (AvgIpc) is 3.21. The Hall–Kier alpha value is -2.84. The third-order valence-corrected chi connectivity index (χ3v) is 4.94. The number of anilines is 1. The molecule has 9 heteroatoms. The largest absolute Gasteiger partial charge is 0.349 e. The number of carbonyl (C=O) groups is 2. The van der Waals surface area contributed by atoms with E-state index in [0.29, 0.717) is 0 Å². The van der Waals surface area contributed by atoms with E-state index >= 15 is 0 Å². The van der Waals surface area contributed by atoms with Gasteiger partial charge in [0.05, 0.1) is 10.7 Å². The molecule has 2 amide bonds. The lowest BCUT2D eigenvalue weighted by Gasteiger charge is -2.33. The summed E-state index contributed by atoms with van der Waals surface area (Å²) in [6.07, 6.45) is 0. The van der Waals surface area contributed by atoms with E-state index in [1.165, 1.54) is 28.5 Å². The van der Waals surface area contributed by atoms with Gasteiger partial charge in [-0.3, -0.25) is 14.5 Å². The number of carbonyl (C=O) groups excluding carboxylic acids is 2. The average molecular weight is 447 g/mol. The molecule has 0 radical (unpaired) electrons. The molecule has 1 heterocycles. The fourth-order valence-corrected chi connectivity index (χ4v) is 3.58. The summed E-state index contributed by atoms with van der Waals surface area (Å²) in [5.74, 6) is -1.79. The smallest absolute Gasteiger partial charge is 0.280 e. The van der Waals surface area contributed by atoms with Crippen molar-refractivity contribution in [3.05, 3.63) is 76.0 Å². The molecule has 1 atom stereocenters. The van der Waals surface area contributed by atoms with Crippen molar-refractivity contribution in [2.24, 2.45) is 0 Å². The number of nitrogens with one attached hydrogen (secondary N) is 1. The number of benzene rings is 2. The molecule has 0 saturated carbocycles. The molecule has 3 aromatic rings. The fraction of sp³-hybridized carbons (Fsp3) is 0.238. The maximum atomic E-state index is 14.8. The molecule has 0 aliphatic carbocycles. The van der Waals surface area contributed by atoms with Crippen LogP contribution >= 0.6 is 23.1 Å². The van der Waals surface area contributed by atoms with Crippen LogP contribution in [-0.2, 0) is 4.79 Å². The van der Waals surface area contributed by atoms with E-state index in [2.05, 4.69) is 14.9 Å². The van der Waals surface area contributed by atoms with Crippen molar-refractivity contribution in [3.8, 4) is 0 Å². The van der Waals surface area contributed by atoms with Crippen molar-refractivity contribution in [2.45, 2.75) is 32.4 Å². The minimum Gasteiger partial charge on any atom is -0.349 e. The van der Waals surface area contributed by atoms with Gasteiger partial charge >= 0.3 is 0 Å². The Labute approximate surface area is 182 Å². The predicted octanol–water partition coefficient (Wildman–Crippen LogP) is 4.63. The first-order chi connectivity index (χ1) is 14.2. The van der Waals surface area contributed by atoms with Gasteiger partial charge < -0.3 is 5.32 Å². The Kier molecular flexibility index (Phi) is 6.48. The third kappa shape index (κ3) is 4.83. The number of hydrogen-bond acceptors (Lipinski definition) is 5. The number of nitrogens with zero attached hydrogens (tertiary/aromatic N) is 3. The quantitative estimate of drug-likeness (QED) is 0.619. The first-order valence-electron chi connectivity index (χ1n) is 9.10. The lowest BCUT2D eigenvalue weighted by Crippen LogP contribution is -2.50. The van der Waals surface area contributed by atoms with Gasteiger partial charge in [0.25, 0.3) is 5.91 Å².